The molecule has 18 heavy (non-hydrogen) atoms. The minimum Gasteiger partial charge on any atom is -0.353 e. The molecule has 2 amide bonds. The van der Waals surface area contributed by atoms with Gasteiger partial charge in [0.25, 0.3) is 0 Å². The van der Waals surface area contributed by atoms with Gasteiger partial charge in [-0.15, -0.1) is 0 Å². The summed E-state index contributed by atoms with van der Waals surface area (Å²) in [5, 5.41) is 5.19. The van der Waals surface area contributed by atoms with Gasteiger partial charge >= 0.3 is 0 Å². The average Bonchev–Trinajstić information content (AvgIpc) is 2.30. The molecule has 0 aromatic carbocycles. The maximum atomic E-state index is 11.4. The van der Waals surface area contributed by atoms with E-state index in [2.05, 4.69) is 43.2 Å². The molecular weight excluding hydrogens is 232 g/mol. The molecule has 0 bridgehead atoms. The molecule has 0 spiro atoms. The number of hydrogen-bond acceptors (Lipinski definition) is 4. The number of nitrogens with zero attached hydrogens (tertiary/aromatic N) is 1. The van der Waals surface area contributed by atoms with Crippen LogP contribution in [-0.4, -0.2) is 55.0 Å². The predicted octanol–water partition coefficient (Wildman–Crippen LogP) is -0.704. The standard InChI is InChI=1S/C12H26N4O2/c1-9(2)16(10(3)4)6-5-14-12(18)8-15-11(17)7-13/h9-10H,5-8,13H2,1-4H3,(H,14,18)(H,15,17). The van der Waals surface area contributed by atoms with E-state index < -0.39 is 0 Å². The zero-order valence-corrected chi connectivity index (χ0v) is 11.8. The molecule has 0 fully saturated rings. The van der Waals surface area contributed by atoms with Crippen LogP contribution in [0.25, 0.3) is 0 Å². The van der Waals surface area contributed by atoms with Crippen LogP contribution in [0.1, 0.15) is 27.7 Å². The van der Waals surface area contributed by atoms with E-state index in [1.54, 1.807) is 0 Å². The van der Waals surface area contributed by atoms with Gasteiger partial charge in [-0.1, -0.05) is 0 Å². The van der Waals surface area contributed by atoms with E-state index in [0.717, 1.165) is 6.54 Å². The molecule has 106 valence electrons. The van der Waals surface area contributed by atoms with Crippen LogP contribution in [0.5, 0.6) is 0 Å². The van der Waals surface area contributed by atoms with Gasteiger partial charge in [0, 0.05) is 25.2 Å². The monoisotopic (exact) mass is 258 g/mol. The largest absolute Gasteiger partial charge is 0.353 e. The van der Waals surface area contributed by atoms with E-state index in [9.17, 15) is 9.59 Å². The lowest BCUT2D eigenvalue weighted by atomic mass is 10.2. The number of nitrogens with one attached hydrogen (secondary N) is 2. The van der Waals surface area contributed by atoms with Crippen molar-refractivity contribution in [1.82, 2.24) is 15.5 Å². The minimum atomic E-state index is -0.323. The molecule has 0 saturated carbocycles. The van der Waals surface area contributed by atoms with Gasteiger partial charge in [0.05, 0.1) is 13.1 Å². The van der Waals surface area contributed by atoms with Crippen molar-refractivity contribution in [2.45, 2.75) is 39.8 Å². The van der Waals surface area contributed by atoms with Crippen LogP contribution >= 0.6 is 0 Å². The minimum absolute atomic E-state index is 0.0145. The fourth-order valence-electron chi connectivity index (χ4n) is 1.75. The Morgan fingerprint density at radius 2 is 1.61 bits per heavy atom. The fourth-order valence-corrected chi connectivity index (χ4v) is 1.75. The van der Waals surface area contributed by atoms with E-state index in [1.165, 1.54) is 0 Å². The summed E-state index contributed by atoms with van der Waals surface area (Å²) >= 11 is 0. The van der Waals surface area contributed by atoms with Gasteiger partial charge in [-0.2, -0.15) is 0 Å². The summed E-state index contributed by atoms with van der Waals surface area (Å²) in [5.41, 5.74) is 5.11. The van der Waals surface area contributed by atoms with Gasteiger partial charge in [0.1, 0.15) is 0 Å². The molecule has 0 aliphatic heterocycles. The van der Waals surface area contributed by atoms with Crippen molar-refractivity contribution in [3.63, 3.8) is 0 Å². The Balaban J connectivity index is 3.82. The van der Waals surface area contributed by atoms with Crippen molar-refractivity contribution in [2.24, 2.45) is 5.73 Å². The topological polar surface area (TPSA) is 87.5 Å². The number of hydrogen-bond donors (Lipinski definition) is 3. The van der Waals surface area contributed by atoms with Crippen molar-refractivity contribution in [2.75, 3.05) is 26.2 Å². The highest BCUT2D eigenvalue weighted by Gasteiger charge is 2.13. The first-order chi connectivity index (χ1) is 8.38. The van der Waals surface area contributed by atoms with E-state index in [0.29, 0.717) is 18.6 Å². The Hall–Kier alpha value is -1.14. The van der Waals surface area contributed by atoms with E-state index >= 15 is 0 Å². The molecule has 0 aromatic rings. The molecule has 0 saturated heterocycles. The highest BCUT2D eigenvalue weighted by atomic mass is 16.2. The van der Waals surface area contributed by atoms with Crippen molar-refractivity contribution in [3.05, 3.63) is 0 Å². The molecule has 0 atom stereocenters. The molecule has 0 unspecified atom stereocenters. The zero-order chi connectivity index (χ0) is 14.1. The number of nitrogens with two attached hydrogens (primary N) is 1. The van der Waals surface area contributed by atoms with Gasteiger partial charge < -0.3 is 16.4 Å². The lowest BCUT2D eigenvalue weighted by molar-refractivity contribution is -0.125. The summed E-state index contributed by atoms with van der Waals surface area (Å²) < 4.78 is 0. The number of carbonyl (C=O) groups is 2. The third kappa shape index (κ3) is 7.24. The van der Waals surface area contributed by atoms with Gasteiger partial charge in [-0.25, -0.2) is 0 Å². The lowest BCUT2D eigenvalue weighted by Gasteiger charge is -2.30. The summed E-state index contributed by atoms with van der Waals surface area (Å²) in [6.45, 7) is 9.78. The molecule has 0 aliphatic carbocycles. The summed E-state index contributed by atoms with van der Waals surface area (Å²) in [5.74, 6) is -0.514. The molecule has 0 aliphatic rings. The maximum Gasteiger partial charge on any atom is 0.239 e. The smallest absolute Gasteiger partial charge is 0.239 e. The molecule has 6 heteroatoms. The highest BCUT2D eigenvalue weighted by Crippen LogP contribution is 2.02. The SMILES string of the molecule is CC(C)N(CCNC(=O)CNC(=O)CN)C(C)C. The molecular formula is C12H26N4O2. The van der Waals surface area contributed by atoms with Crippen molar-refractivity contribution < 1.29 is 9.59 Å². The summed E-state index contributed by atoms with van der Waals surface area (Å²) in [6, 6.07) is 0.887. The lowest BCUT2D eigenvalue weighted by Crippen LogP contribution is -2.45. The van der Waals surface area contributed by atoms with Crippen LogP contribution < -0.4 is 16.4 Å². The first kappa shape index (κ1) is 16.9. The van der Waals surface area contributed by atoms with Crippen LogP contribution in [0.3, 0.4) is 0 Å². The second kappa shape index (κ2) is 8.88. The third-order valence-corrected chi connectivity index (χ3v) is 2.65. The molecule has 0 radical (unpaired) electrons. The van der Waals surface area contributed by atoms with Crippen LogP contribution in [0.2, 0.25) is 0 Å². The Morgan fingerprint density at radius 3 is 2.06 bits per heavy atom. The maximum absolute atomic E-state index is 11.4. The predicted molar refractivity (Wildman–Crippen MR) is 72.1 cm³/mol. The average molecular weight is 258 g/mol. The molecule has 4 N–H and O–H groups in total. The van der Waals surface area contributed by atoms with Gasteiger partial charge in [0.2, 0.25) is 11.8 Å². The van der Waals surface area contributed by atoms with E-state index in [-0.39, 0.29) is 24.9 Å². The van der Waals surface area contributed by atoms with Crippen LogP contribution in [0.4, 0.5) is 0 Å². The quantitative estimate of drug-likeness (QED) is 0.537. The van der Waals surface area contributed by atoms with Crippen molar-refractivity contribution in [3.8, 4) is 0 Å². The Morgan fingerprint density at radius 1 is 1.06 bits per heavy atom. The molecule has 0 heterocycles. The summed E-state index contributed by atoms with van der Waals surface area (Å²) in [4.78, 5) is 24.5. The van der Waals surface area contributed by atoms with Crippen LogP contribution in [0, 0.1) is 0 Å². The summed E-state index contributed by atoms with van der Waals surface area (Å²) in [6.07, 6.45) is 0. The van der Waals surface area contributed by atoms with Gasteiger partial charge in [-0.3, -0.25) is 14.5 Å². The van der Waals surface area contributed by atoms with E-state index in [4.69, 9.17) is 5.73 Å². The number of rotatable bonds is 8. The summed E-state index contributed by atoms with van der Waals surface area (Å²) in [7, 11) is 0. The Kier molecular flexibility index (Phi) is 8.32. The second-order valence-corrected chi connectivity index (χ2v) is 4.76. The molecule has 0 aromatic heterocycles. The van der Waals surface area contributed by atoms with Gasteiger partial charge in [0.15, 0.2) is 0 Å². The Bertz CT molecular complexity index is 259. The number of amides is 2. The first-order valence-corrected chi connectivity index (χ1v) is 6.37. The van der Waals surface area contributed by atoms with Crippen molar-refractivity contribution >= 4 is 11.8 Å². The van der Waals surface area contributed by atoms with Crippen LogP contribution in [-0.2, 0) is 9.59 Å². The zero-order valence-electron chi connectivity index (χ0n) is 11.8. The van der Waals surface area contributed by atoms with E-state index in [1.807, 2.05) is 0 Å². The Labute approximate surface area is 109 Å². The third-order valence-electron chi connectivity index (χ3n) is 2.65. The fraction of sp³-hybridized carbons (Fsp3) is 0.833. The van der Waals surface area contributed by atoms with Gasteiger partial charge in [-0.05, 0) is 27.7 Å². The number of carbonyl (C=O) groups excluding carboxylic acids is 2. The molecule has 0 rings (SSSR count). The molecule has 6 nitrogen and oxygen atoms in total. The highest BCUT2D eigenvalue weighted by molar-refractivity contribution is 5.85. The van der Waals surface area contributed by atoms with Crippen LogP contribution in [0.15, 0.2) is 0 Å². The normalized spacial score (nSPS) is 11.1. The van der Waals surface area contributed by atoms with Crippen molar-refractivity contribution in [1.29, 1.82) is 0 Å². The second-order valence-electron chi connectivity index (χ2n) is 4.76. The first-order valence-electron chi connectivity index (χ1n) is 6.37.